The van der Waals surface area contributed by atoms with E-state index in [2.05, 4.69) is 25.4 Å². The van der Waals surface area contributed by atoms with Gasteiger partial charge in [0.05, 0.1) is 29.4 Å². The van der Waals surface area contributed by atoms with Gasteiger partial charge in [0.15, 0.2) is 21.4 Å². The fraction of sp³-hybridized carbons (Fsp3) is 0.333. The molecule has 4 heterocycles. The fourth-order valence-electron chi connectivity index (χ4n) is 2.83. The molecular weight excluding hydrogens is 344 g/mol. The monoisotopic (exact) mass is 360 g/mol. The molecular formula is C15H16N6O3S. The molecule has 1 atom stereocenters. The predicted octanol–water partition coefficient (Wildman–Crippen LogP) is 1.40. The molecule has 4 rings (SSSR count). The maximum Gasteiger partial charge on any atom is 0.222 e. The summed E-state index contributed by atoms with van der Waals surface area (Å²) in [7, 11) is -1.32. The van der Waals surface area contributed by atoms with Crippen LogP contribution in [-0.2, 0) is 9.84 Å². The Morgan fingerprint density at radius 2 is 2.12 bits per heavy atom. The lowest BCUT2D eigenvalue weighted by atomic mass is 10.2. The Morgan fingerprint density at radius 3 is 2.72 bits per heavy atom. The van der Waals surface area contributed by atoms with Crippen molar-refractivity contribution in [3.8, 4) is 23.0 Å². The molecule has 1 aliphatic rings. The molecule has 1 N–H and O–H groups in total. The van der Waals surface area contributed by atoms with E-state index in [-0.39, 0.29) is 17.5 Å². The van der Waals surface area contributed by atoms with Crippen molar-refractivity contribution in [3.05, 3.63) is 30.8 Å². The molecule has 3 aromatic heterocycles. The topological polar surface area (TPSA) is 116 Å². The molecule has 0 unspecified atom stereocenters. The largest absolute Gasteiger partial charge is 0.461 e. The van der Waals surface area contributed by atoms with E-state index in [1.165, 1.54) is 0 Å². The molecule has 10 heteroatoms. The van der Waals surface area contributed by atoms with Gasteiger partial charge in [-0.15, -0.1) is 5.10 Å². The summed E-state index contributed by atoms with van der Waals surface area (Å²) < 4.78 is 30.8. The van der Waals surface area contributed by atoms with Gasteiger partial charge in [0.1, 0.15) is 0 Å². The van der Waals surface area contributed by atoms with Crippen LogP contribution in [0.1, 0.15) is 12.5 Å². The average Bonchev–Trinajstić information content (AvgIpc) is 3.33. The van der Waals surface area contributed by atoms with E-state index in [9.17, 15) is 8.42 Å². The van der Waals surface area contributed by atoms with Gasteiger partial charge < -0.3 is 9.73 Å². The van der Waals surface area contributed by atoms with E-state index in [4.69, 9.17) is 4.42 Å². The second-order valence-electron chi connectivity index (χ2n) is 5.78. The van der Waals surface area contributed by atoms with E-state index in [0.717, 1.165) is 0 Å². The van der Waals surface area contributed by atoms with E-state index < -0.39 is 9.84 Å². The number of anilines is 1. The summed E-state index contributed by atoms with van der Waals surface area (Å²) in [5.41, 5.74) is 0.661. The first-order valence-electron chi connectivity index (χ1n) is 7.77. The van der Waals surface area contributed by atoms with Crippen molar-refractivity contribution in [1.29, 1.82) is 0 Å². The lowest BCUT2D eigenvalue weighted by Gasteiger charge is -2.11. The molecule has 25 heavy (non-hydrogen) atoms. The van der Waals surface area contributed by atoms with Crippen LogP contribution >= 0.6 is 0 Å². The zero-order valence-corrected chi connectivity index (χ0v) is 14.3. The highest BCUT2D eigenvalue weighted by molar-refractivity contribution is 7.91. The zero-order valence-electron chi connectivity index (χ0n) is 13.5. The first-order chi connectivity index (χ1) is 12.1. The highest BCUT2D eigenvalue weighted by Gasteiger charge is 2.32. The molecule has 0 amide bonds. The fourth-order valence-corrected chi connectivity index (χ4v) is 4.52. The highest BCUT2D eigenvalue weighted by atomic mass is 32.2. The first kappa shape index (κ1) is 15.8. The number of hydrogen-bond donors (Lipinski definition) is 1. The summed E-state index contributed by atoms with van der Waals surface area (Å²) in [6.07, 6.45) is 5.32. The summed E-state index contributed by atoms with van der Waals surface area (Å²) in [6, 6.07) is 3.25. The van der Waals surface area contributed by atoms with Gasteiger partial charge in [-0.05, 0) is 18.6 Å². The third-order valence-electron chi connectivity index (χ3n) is 4.06. The van der Waals surface area contributed by atoms with Crippen LogP contribution in [0.5, 0.6) is 0 Å². The summed E-state index contributed by atoms with van der Waals surface area (Å²) in [5, 5.41) is 7.35. The summed E-state index contributed by atoms with van der Waals surface area (Å²) in [5.74, 6) is 2.15. The Kier molecular flexibility index (Phi) is 3.75. The van der Waals surface area contributed by atoms with Gasteiger partial charge in [-0.1, -0.05) is 0 Å². The second-order valence-corrected chi connectivity index (χ2v) is 8.01. The van der Waals surface area contributed by atoms with Crippen molar-refractivity contribution in [1.82, 2.24) is 24.7 Å². The molecule has 1 fully saturated rings. The number of aromatic nitrogens is 5. The second kappa shape index (κ2) is 5.96. The SMILES string of the molecule is CNc1ncc(-c2nc(-c3ccco3)nn2[C@H]2CCS(=O)(=O)C2)cn1. The number of sulfone groups is 1. The van der Waals surface area contributed by atoms with E-state index in [1.54, 1.807) is 42.5 Å². The Bertz CT molecular complexity index is 979. The first-order valence-corrected chi connectivity index (χ1v) is 9.59. The number of furan rings is 1. The van der Waals surface area contributed by atoms with Crippen molar-refractivity contribution in [2.45, 2.75) is 12.5 Å². The number of hydrogen-bond acceptors (Lipinski definition) is 8. The molecule has 0 radical (unpaired) electrons. The van der Waals surface area contributed by atoms with Gasteiger partial charge in [-0.25, -0.2) is 28.1 Å². The van der Waals surface area contributed by atoms with Crippen LogP contribution in [0.4, 0.5) is 5.95 Å². The normalized spacial score (nSPS) is 19.2. The lowest BCUT2D eigenvalue weighted by molar-refractivity contribution is 0.502. The highest BCUT2D eigenvalue weighted by Crippen LogP contribution is 2.30. The third-order valence-corrected chi connectivity index (χ3v) is 5.81. The Labute approximate surface area is 144 Å². The van der Waals surface area contributed by atoms with Crippen molar-refractivity contribution < 1.29 is 12.8 Å². The quantitative estimate of drug-likeness (QED) is 0.742. The van der Waals surface area contributed by atoms with Gasteiger partial charge >= 0.3 is 0 Å². The Morgan fingerprint density at radius 1 is 1.32 bits per heavy atom. The van der Waals surface area contributed by atoms with Crippen molar-refractivity contribution in [2.75, 3.05) is 23.9 Å². The van der Waals surface area contributed by atoms with Crippen LogP contribution in [0.15, 0.2) is 35.2 Å². The molecule has 0 spiro atoms. The van der Waals surface area contributed by atoms with Crippen LogP contribution < -0.4 is 5.32 Å². The number of nitrogens with zero attached hydrogens (tertiary/aromatic N) is 5. The Hall–Kier alpha value is -2.75. The van der Waals surface area contributed by atoms with Crippen molar-refractivity contribution in [2.24, 2.45) is 0 Å². The summed E-state index contributed by atoms with van der Waals surface area (Å²) >= 11 is 0. The zero-order chi connectivity index (χ0) is 17.4. The maximum absolute atomic E-state index is 11.9. The van der Waals surface area contributed by atoms with E-state index in [1.807, 2.05) is 0 Å². The van der Waals surface area contributed by atoms with Crippen LogP contribution in [0.2, 0.25) is 0 Å². The minimum absolute atomic E-state index is 0.0520. The average molecular weight is 360 g/mol. The van der Waals surface area contributed by atoms with Crippen molar-refractivity contribution in [3.63, 3.8) is 0 Å². The van der Waals surface area contributed by atoms with Crippen molar-refractivity contribution >= 4 is 15.8 Å². The molecule has 0 saturated carbocycles. The van der Waals surface area contributed by atoms with Crippen LogP contribution in [0, 0.1) is 0 Å². The molecule has 0 aliphatic carbocycles. The van der Waals surface area contributed by atoms with Crippen LogP contribution in [0.25, 0.3) is 23.0 Å². The molecule has 1 aliphatic heterocycles. The lowest BCUT2D eigenvalue weighted by Crippen LogP contribution is -2.14. The van der Waals surface area contributed by atoms with E-state index >= 15 is 0 Å². The minimum Gasteiger partial charge on any atom is -0.461 e. The maximum atomic E-state index is 11.9. The van der Waals surface area contributed by atoms with Crippen LogP contribution in [-0.4, -0.2) is 51.7 Å². The van der Waals surface area contributed by atoms with Crippen LogP contribution in [0.3, 0.4) is 0 Å². The smallest absolute Gasteiger partial charge is 0.222 e. The standard InChI is InChI=1S/C15H16N6O3S/c1-16-15-17-7-10(8-18-15)14-19-13(12-3-2-5-24-12)20-21(14)11-4-6-25(22,23)9-11/h2-3,5,7-8,11H,4,6,9H2,1H3,(H,16,17,18)/t11-/m0/s1. The van der Waals surface area contributed by atoms with Gasteiger partial charge in [0.25, 0.3) is 0 Å². The Balaban J connectivity index is 1.80. The molecule has 3 aromatic rings. The predicted molar refractivity (Wildman–Crippen MR) is 90.6 cm³/mol. The molecule has 1 saturated heterocycles. The summed E-state index contributed by atoms with van der Waals surface area (Å²) in [6.45, 7) is 0. The molecule has 0 bridgehead atoms. The number of nitrogens with one attached hydrogen (secondary N) is 1. The third kappa shape index (κ3) is 3.00. The summed E-state index contributed by atoms with van der Waals surface area (Å²) in [4.78, 5) is 12.9. The van der Waals surface area contributed by atoms with Gasteiger partial charge in [-0.3, -0.25) is 0 Å². The van der Waals surface area contributed by atoms with Gasteiger partial charge in [-0.2, -0.15) is 0 Å². The molecule has 9 nitrogen and oxygen atoms in total. The van der Waals surface area contributed by atoms with Gasteiger partial charge in [0, 0.05) is 19.4 Å². The minimum atomic E-state index is -3.05. The number of rotatable bonds is 4. The molecule has 0 aromatic carbocycles. The van der Waals surface area contributed by atoms with E-state index in [0.29, 0.717) is 35.3 Å². The molecule has 130 valence electrons. The van der Waals surface area contributed by atoms with Gasteiger partial charge in [0.2, 0.25) is 11.8 Å².